The number of benzene rings is 1. The second-order valence-corrected chi connectivity index (χ2v) is 9.25. The van der Waals surface area contributed by atoms with Crippen LogP contribution >= 0.6 is 0 Å². The molecule has 0 saturated heterocycles. The Balaban J connectivity index is 1.36. The number of pyridine rings is 2. The van der Waals surface area contributed by atoms with Gasteiger partial charge in [-0.25, -0.2) is 4.98 Å². The predicted molar refractivity (Wildman–Crippen MR) is 148 cm³/mol. The van der Waals surface area contributed by atoms with Gasteiger partial charge in [0.1, 0.15) is 12.1 Å². The monoisotopic (exact) mass is 514 g/mol. The molecule has 3 aromatic rings. The second kappa shape index (κ2) is 13.2. The Morgan fingerprint density at radius 1 is 1.11 bits per heavy atom. The van der Waals surface area contributed by atoms with Gasteiger partial charge in [-0.1, -0.05) is 25.8 Å². The number of ether oxygens (including phenoxy) is 1. The Kier molecular flexibility index (Phi) is 9.28. The average molecular weight is 515 g/mol. The van der Waals surface area contributed by atoms with Crippen molar-refractivity contribution in [3.05, 3.63) is 85.0 Å². The molecule has 3 heterocycles. The van der Waals surface area contributed by atoms with Gasteiger partial charge in [0, 0.05) is 55.4 Å². The van der Waals surface area contributed by atoms with E-state index in [1.165, 1.54) is 0 Å². The number of unbranched alkanes of at least 4 members (excludes halogenated alkanes) is 1. The van der Waals surface area contributed by atoms with Crippen molar-refractivity contribution in [2.45, 2.75) is 44.8 Å². The van der Waals surface area contributed by atoms with Gasteiger partial charge in [0.2, 0.25) is 11.8 Å². The van der Waals surface area contributed by atoms with Crippen molar-refractivity contribution in [2.24, 2.45) is 0 Å². The SMILES string of the molecule is CCCC[C@H](NC(=O)c1cccc(Nc2ccncc2)c1)C(=O)Nc1ccc(O[C@H]2C=CN(C)CC2)nc1. The fraction of sp³-hybridized carbons (Fsp3) is 0.310. The van der Waals surface area contributed by atoms with E-state index < -0.39 is 6.04 Å². The van der Waals surface area contributed by atoms with Gasteiger partial charge in [-0.2, -0.15) is 0 Å². The van der Waals surface area contributed by atoms with Crippen LogP contribution in [0.2, 0.25) is 0 Å². The van der Waals surface area contributed by atoms with E-state index in [1.54, 1.807) is 48.9 Å². The van der Waals surface area contributed by atoms with Crippen molar-refractivity contribution in [1.82, 2.24) is 20.2 Å². The van der Waals surface area contributed by atoms with Gasteiger partial charge in [0.05, 0.1) is 11.9 Å². The van der Waals surface area contributed by atoms with Crippen molar-refractivity contribution >= 4 is 28.9 Å². The predicted octanol–water partition coefficient (Wildman–Crippen LogP) is 4.74. The number of carbonyl (C=O) groups excluding carboxylic acids is 2. The molecule has 0 radical (unpaired) electrons. The van der Waals surface area contributed by atoms with Crippen molar-refractivity contribution in [1.29, 1.82) is 0 Å². The highest BCUT2D eigenvalue weighted by Gasteiger charge is 2.22. The first-order chi connectivity index (χ1) is 18.5. The maximum Gasteiger partial charge on any atom is 0.252 e. The number of carbonyl (C=O) groups is 2. The summed E-state index contributed by atoms with van der Waals surface area (Å²) in [6.45, 7) is 2.97. The van der Waals surface area contributed by atoms with Crippen LogP contribution in [0.4, 0.5) is 17.1 Å². The fourth-order valence-electron chi connectivity index (χ4n) is 4.01. The summed E-state index contributed by atoms with van der Waals surface area (Å²) < 4.78 is 5.91. The Hall–Kier alpha value is -4.40. The van der Waals surface area contributed by atoms with Crippen LogP contribution in [-0.4, -0.2) is 52.4 Å². The van der Waals surface area contributed by atoms with Crippen molar-refractivity contribution in [3.8, 4) is 5.88 Å². The number of rotatable bonds is 11. The molecule has 38 heavy (non-hydrogen) atoms. The third-order valence-electron chi connectivity index (χ3n) is 6.16. The maximum atomic E-state index is 13.1. The number of hydrogen-bond acceptors (Lipinski definition) is 7. The first-order valence-electron chi connectivity index (χ1n) is 12.9. The Labute approximate surface area is 223 Å². The van der Waals surface area contributed by atoms with E-state index in [-0.39, 0.29) is 17.9 Å². The van der Waals surface area contributed by atoms with Gasteiger partial charge in [0.15, 0.2) is 0 Å². The molecule has 0 bridgehead atoms. The zero-order valence-electron chi connectivity index (χ0n) is 21.8. The lowest BCUT2D eigenvalue weighted by atomic mass is 10.1. The smallest absolute Gasteiger partial charge is 0.252 e. The van der Waals surface area contributed by atoms with E-state index in [0.717, 1.165) is 37.2 Å². The minimum absolute atomic E-state index is 0.0221. The molecule has 0 aliphatic carbocycles. The summed E-state index contributed by atoms with van der Waals surface area (Å²) in [7, 11) is 2.02. The molecule has 198 valence electrons. The van der Waals surface area contributed by atoms with Gasteiger partial charge >= 0.3 is 0 Å². The Morgan fingerprint density at radius 3 is 2.66 bits per heavy atom. The number of anilines is 3. The molecule has 4 rings (SSSR count). The third-order valence-corrected chi connectivity index (χ3v) is 6.16. The molecule has 1 aliphatic rings. The van der Waals surface area contributed by atoms with E-state index in [2.05, 4.69) is 30.8 Å². The largest absolute Gasteiger partial charge is 0.470 e. The van der Waals surface area contributed by atoms with E-state index in [9.17, 15) is 9.59 Å². The number of hydrogen-bond donors (Lipinski definition) is 3. The topological polar surface area (TPSA) is 108 Å². The standard InChI is InChI=1S/C29H34N6O3/c1-3-4-8-26(34-28(36)21-6-5-7-23(19-21)32-22-11-15-30-16-12-22)29(37)33-24-9-10-27(31-20-24)38-25-13-17-35(2)18-14-25/h5-7,9-13,15-17,19-20,25-26H,3-4,8,14,18H2,1-2H3,(H,30,32)(H,33,37)(H,34,36)/t25-,26-/m0/s1. The number of nitrogens with zero attached hydrogens (tertiary/aromatic N) is 3. The third kappa shape index (κ3) is 7.80. The van der Waals surface area contributed by atoms with Crippen LogP contribution in [0.3, 0.4) is 0 Å². The molecule has 1 aliphatic heterocycles. The lowest BCUT2D eigenvalue weighted by molar-refractivity contribution is -0.118. The molecular formula is C29H34N6O3. The van der Waals surface area contributed by atoms with Crippen LogP contribution in [-0.2, 0) is 4.79 Å². The normalized spacial score (nSPS) is 15.4. The molecule has 0 saturated carbocycles. The van der Waals surface area contributed by atoms with E-state index >= 15 is 0 Å². The molecule has 2 atom stereocenters. The summed E-state index contributed by atoms with van der Waals surface area (Å²) in [5, 5.41) is 9.03. The quantitative estimate of drug-likeness (QED) is 0.339. The minimum Gasteiger partial charge on any atom is -0.470 e. The lowest BCUT2D eigenvalue weighted by Crippen LogP contribution is -2.43. The molecular weight excluding hydrogens is 480 g/mol. The first-order valence-corrected chi connectivity index (χ1v) is 12.9. The Morgan fingerprint density at radius 2 is 1.95 bits per heavy atom. The first kappa shape index (κ1) is 26.7. The molecule has 3 N–H and O–H groups in total. The van der Waals surface area contributed by atoms with Gasteiger partial charge in [-0.05, 0) is 55.1 Å². The van der Waals surface area contributed by atoms with Crippen LogP contribution in [0, 0.1) is 0 Å². The van der Waals surface area contributed by atoms with Crippen LogP contribution in [0.15, 0.2) is 79.4 Å². The number of aromatic nitrogens is 2. The fourth-order valence-corrected chi connectivity index (χ4v) is 4.01. The van der Waals surface area contributed by atoms with Crippen LogP contribution in [0.5, 0.6) is 5.88 Å². The van der Waals surface area contributed by atoms with Crippen molar-refractivity contribution in [2.75, 3.05) is 24.2 Å². The summed E-state index contributed by atoms with van der Waals surface area (Å²) in [6.07, 6.45) is 12.1. The molecule has 2 amide bonds. The van der Waals surface area contributed by atoms with Crippen molar-refractivity contribution in [3.63, 3.8) is 0 Å². The average Bonchev–Trinajstić information content (AvgIpc) is 2.94. The number of nitrogens with one attached hydrogen (secondary N) is 3. The molecule has 0 spiro atoms. The van der Waals surface area contributed by atoms with E-state index in [0.29, 0.717) is 23.6 Å². The van der Waals surface area contributed by atoms with Crippen LogP contribution < -0.4 is 20.7 Å². The minimum atomic E-state index is -0.681. The van der Waals surface area contributed by atoms with Gasteiger partial charge < -0.3 is 25.6 Å². The summed E-state index contributed by atoms with van der Waals surface area (Å²) in [5.74, 6) is -0.0995. The highest BCUT2D eigenvalue weighted by molar-refractivity contribution is 6.01. The zero-order chi connectivity index (χ0) is 26.7. The van der Waals surface area contributed by atoms with E-state index in [1.807, 2.05) is 44.4 Å². The summed E-state index contributed by atoms with van der Waals surface area (Å²) in [6, 6.07) is 13.7. The van der Waals surface area contributed by atoms with Crippen molar-refractivity contribution < 1.29 is 14.3 Å². The second-order valence-electron chi connectivity index (χ2n) is 9.25. The Bertz CT molecular complexity index is 1230. The highest BCUT2D eigenvalue weighted by atomic mass is 16.5. The van der Waals surface area contributed by atoms with Crippen LogP contribution in [0.1, 0.15) is 43.0 Å². The molecule has 2 aromatic heterocycles. The summed E-state index contributed by atoms with van der Waals surface area (Å²) >= 11 is 0. The van der Waals surface area contributed by atoms with Gasteiger partial charge in [-0.3, -0.25) is 14.6 Å². The molecule has 0 fully saturated rings. The number of amides is 2. The van der Waals surface area contributed by atoms with E-state index in [4.69, 9.17) is 4.74 Å². The van der Waals surface area contributed by atoms with Gasteiger partial charge in [0.25, 0.3) is 5.91 Å². The zero-order valence-corrected chi connectivity index (χ0v) is 21.8. The molecule has 9 heteroatoms. The van der Waals surface area contributed by atoms with Crippen LogP contribution in [0.25, 0.3) is 0 Å². The maximum absolute atomic E-state index is 13.1. The molecule has 0 unspecified atom stereocenters. The highest BCUT2D eigenvalue weighted by Crippen LogP contribution is 2.19. The lowest BCUT2D eigenvalue weighted by Gasteiger charge is -2.24. The summed E-state index contributed by atoms with van der Waals surface area (Å²) in [5.41, 5.74) is 2.64. The molecule has 1 aromatic carbocycles. The summed E-state index contributed by atoms with van der Waals surface area (Å²) in [4.78, 5) is 36.6. The van der Waals surface area contributed by atoms with Gasteiger partial charge in [-0.15, -0.1) is 0 Å². The molecule has 9 nitrogen and oxygen atoms in total.